The molecule has 0 saturated heterocycles. The minimum absolute atomic E-state index is 0.111. The molecule has 0 saturated carbocycles. The fraction of sp³-hybridized carbons (Fsp3) is 0.167. The van der Waals surface area contributed by atoms with Crippen molar-refractivity contribution in [3.05, 3.63) is 66.3 Å². The minimum atomic E-state index is -0.398. The number of hydrogen-bond acceptors (Lipinski definition) is 5. The Morgan fingerprint density at radius 1 is 1.20 bits per heavy atom. The number of halogens is 1. The van der Waals surface area contributed by atoms with Gasteiger partial charge < -0.3 is 9.84 Å². The van der Waals surface area contributed by atoms with Crippen LogP contribution in [0.15, 0.2) is 59.1 Å². The van der Waals surface area contributed by atoms with Crippen LogP contribution in [0.25, 0.3) is 11.4 Å². The summed E-state index contributed by atoms with van der Waals surface area (Å²) in [6, 6.07) is 15.3. The van der Waals surface area contributed by atoms with E-state index in [9.17, 15) is 9.18 Å². The highest BCUT2D eigenvalue weighted by Gasteiger charge is 2.13. The van der Waals surface area contributed by atoms with Crippen molar-refractivity contribution in [2.45, 2.75) is 6.54 Å². The predicted octanol–water partition coefficient (Wildman–Crippen LogP) is 2.95. The fourth-order valence-corrected chi connectivity index (χ4v) is 2.32. The summed E-state index contributed by atoms with van der Waals surface area (Å²) in [4.78, 5) is 18.1. The van der Waals surface area contributed by atoms with E-state index in [-0.39, 0.29) is 12.5 Å². The van der Waals surface area contributed by atoms with Crippen LogP contribution < -0.4 is 5.32 Å². The van der Waals surface area contributed by atoms with Gasteiger partial charge >= 0.3 is 0 Å². The molecule has 0 atom stereocenters. The van der Waals surface area contributed by atoms with Gasteiger partial charge in [-0.1, -0.05) is 41.6 Å². The Labute approximate surface area is 144 Å². The molecule has 3 rings (SSSR count). The highest BCUT2D eigenvalue weighted by molar-refractivity contribution is 5.92. The highest BCUT2D eigenvalue weighted by Crippen LogP contribution is 2.15. The van der Waals surface area contributed by atoms with E-state index >= 15 is 0 Å². The monoisotopic (exact) mass is 340 g/mol. The summed E-state index contributed by atoms with van der Waals surface area (Å²) in [7, 11) is 1.76. The van der Waals surface area contributed by atoms with Crippen LogP contribution in [0, 0.1) is 5.82 Å². The zero-order chi connectivity index (χ0) is 17.6. The van der Waals surface area contributed by atoms with Crippen LogP contribution in [0.5, 0.6) is 0 Å². The van der Waals surface area contributed by atoms with Crippen molar-refractivity contribution in [3.63, 3.8) is 0 Å². The molecule has 25 heavy (non-hydrogen) atoms. The standard InChI is InChI=1S/C18H17FN4O2/c1-23(11-16(24)20-15-9-5-8-14(19)10-15)12-17-21-18(22-25-17)13-6-3-2-4-7-13/h2-10H,11-12H2,1H3,(H,20,24). The van der Waals surface area contributed by atoms with Gasteiger partial charge in [0, 0.05) is 11.3 Å². The number of nitrogens with one attached hydrogen (secondary N) is 1. The summed E-state index contributed by atoms with van der Waals surface area (Å²) >= 11 is 0. The van der Waals surface area contributed by atoms with Gasteiger partial charge in [0.25, 0.3) is 0 Å². The molecule has 1 heterocycles. The van der Waals surface area contributed by atoms with Crippen LogP contribution in [-0.2, 0) is 11.3 Å². The van der Waals surface area contributed by atoms with Crippen molar-refractivity contribution < 1.29 is 13.7 Å². The second-order valence-electron chi connectivity index (χ2n) is 5.61. The predicted molar refractivity (Wildman–Crippen MR) is 91.1 cm³/mol. The Hall–Kier alpha value is -3.06. The largest absolute Gasteiger partial charge is 0.338 e. The van der Waals surface area contributed by atoms with Gasteiger partial charge in [0.15, 0.2) is 0 Å². The summed E-state index contributed by atoms with van der Waals surface area (Å²) < 4.78 is 18.3. The molecule has 128 valence electrons. The molecule has 0 aliphatic rings. The first-order valence-corrected chi connectivity index (χ1v) is 7.72. The van der Waals surface area contributed by atoms with Gasteiger partial charge in [0.05, 0.1) is 13.1 Å². The SMILES string of the molecule is CN(CC(=O)Nc1cccc(F)c1)Cc1nc(-c2ccccc2)no1. The Morgan fingerprint density at radius 2 is 2.00 bits per heavy atom. The lowest BCUT2D eigenvalue weighted by Gasteiger charge is -2.13. The Bertz CT molecular complexity index is 851. The van der Waals surface area contributed by atoms with Crippen molar-refractivity contribution in [2.24, 2.45) is 0 Å². The quantitative estimate of drug-likeness (QED) is 0.747. The zero-order valence-electron chi connectivity index (χ0n) is 13.6. The molecule has 1 amide bonds. The van der Waals surface area contributed by atoms with Crippen molar-refractivity contribution in [1.82, 2.24) is 15.0 Å². The molecule has 1 N–H and O–H groups in total. The molecule has 1 aromatic heterocycles. The van der Waals surface area contributed by atoms with Crippen molar-refractivity contribution in [3.8, 4) is 11.4 Å². The normalized spacial score (nSPS) is 10.8. The number of hydrogen-bond donors (Lipinski definition) is 1. The lowest BCUT2D eigenvalue weighted by atomic mass is 10.2. The molecular weight excluding hydrogens is 323 g/mol. The van der Waals surface area contributed by atoms with Gasteiger partial charge in [0.1, 0.15) is 5.82 Å². The third kappa shape index (κ3) is 4.71. The third-order valence-corrected chi connectivity index (χ3v) is 3.43. The van der Waals surface area contributed by atoms with Crippen molar-refractivity contribution >= 4 is 11.6 Å². The van der Waals surface area contributed by atoms with Gasteiger partial charge in [-0.15, -0.1) is 0 Å². The van der Waals surface area contributed by atoms with E-state index in [1.54, 1.807) is 18.0 Å². The number of rotatable bonds is 6. The van der Waals surface area contributed by atoms with Crippen LogP contribution in [0.2, 0.25) is 0 Å². The first-order chi connectivity index (χ1) is 12.1. The molecule has 0 bridgehead atoms. The molecular formula is C18H17FN4O2. The van der Waals surface area contributed by atoms with E-state index in [1.165, 1.54) is 18.2 Å². The van der Waals surface area contributed by atoms with Crippen LogP contribution in [-0.4, -0.2) is 34.5 Å². The number of aromatic nitrogens is 2. The zero-order valence-corrected chi connectivity index (χ0v) is 13.6. The van der Waals surface area contributed by atoms with Crippen molar-refractivity contribution in [2.75, 3.05) is 18.9 Å². The van der Waals surface area contributed by atoms with Crippen LogP contribution in [0.3, 0.4) is 0 Å². The van der Waals surface area contributed by atoms with E-state index in [0.717, 1.165) is 5.56 Å². The number of carbonyl (C=O) groups is 1. The number of anilines is 1. The summed E-state index contributed by atoms with van der Waals surface area (Å²) in [5.74, 6) is 0.273. The molecule has 0 radical (unpaired) electrons. The lowest BCUT2D eigenvalue weighted by molar-refractivity contribution is -0.117. The number of amides is 1. The minimum Gasteiger partial charge on any atom is -0.338 e. The maximum Gasteiger partial charge on any atom is 0.241 e. The van der Waals surface area contributed by atoms with Gasteiger partial charge in [-0.2, -0.15) is 4.98 Å². The number of benzene rings is 2. The van der Waals surface area contributed by atoms with E-state index in [0.29, 0.717) is 23.9 Å². The van der Waals surface area contributed by atoms with Gasteiger partial charge in [0.2, 0.25) is 17.6 Å². The summed E-state index contributed by atoms with van der Waals surface area (Å²) in [6.07, 6.45) is 0. The second kappa shape index (κ2) is 7.67. The lowest BCUT2D eigenvalue weighted by Crippen LogP contribution is -2.29. The second-order valence-corrected chi connectivity index (χ2v) is 5.61. The number of likely N-dealkylation sites (N-methyl/N-ethyl adjacent to an activating group) is 1. The maximum atomic E-state index is 13.1. The molecule has 3 aromatic rings. The molecule has 0 fully saturated rings. The first kappa shape index (κ1) is 16.8. The maximum absolute atomic E-state index is 13.1. The highest BCUT2D eigenvalue weighted by atomic mass is 19.1. The summed E-state index contributed by atoms with van der Waals surface area (Å²) in [6.45, 7) is 0.440. The van der Waals surface area contributed by atoms with Crippen LogP contribution in [0.1, 0.15) is 5.89 Å². The fourth-order valence-electron chi connectivity index (χ4n) is 2.32. The van der Waals surface area contributed by atoms with Gasteiger partial charge in [-0.05, 0) is 25.2 Å². The number of nitrogens with zero attached hydrogens (tertiary/aromatic N) is 3. The molecule has 7 heteroatoms. The first-order valence-electron chi connectivity index (χ1n) is 7.72. The smallest absolute Gasteiger partial charge is 0.241 e. The summed E-state index contributed by atoms with van der Waals surface area (Å²) in [5.41, 5.74) is 1.28. The molecule has 0 unspecified atom stereocenters. The average molecular weight is 340 g/mol. The van der Waals surface area contributed by atoms with E-state index in [1.807, 2.05) is 30.3 Å². The van der Waals surface area contributed by atoms with Crippen LogP contribution in [0.4, 0.5) is 10.1 Å². The molecule has 0 aliphatic heterocycles. The van der Waals surface area contributed by atoms with Gasteiger partial charge in [-0.25, -0.2) is 4.39 Å². The Kier molecular flexibility index (Phi) is 5.15. The molecule has 0 spiro atoms. The average Bonchev–Trinajstić information content (AvgIpc) is 3.03. The van der Waals surface area contributed by atoms with E-state index < -0.39 is 5.82 Å². The third-order valence-electron chi connectivity index (χ3n) is 3.43. The number of carbonyl (C=O) groups excluding carboxylic acids is 1. The van der Waals surface area contributed by atoms with Crippen molar-refractivity contribution in [1.29, 1.82) is 0 Å². The van der Waals surface area contributed by atoms with Crippen LogP contribution >= 0.6 is 0 Å². The van der Waals surface area contributed by atoms with E-state index in [4.69, 9.17) is 4.52 Å². The molecule has 0 aliphatic carbocycles. The Morgan fingerprint density at radius 3 is 2.76 bits per heavy atom. The molecule has 6 nitrogen and oxygen atoms in total. The topological polar surface area (TPSA) is 71.3 Å². The van der Waals surface area contributed by atoms with Gasteiger partial charge in [-0.3, -0.25) is 9.69 Å². The summed E-state index contributed by atoms with van der Waals surface area (Å²) in [5, 5.41) is 6.58. The van der Waals surface area contributed by atoms with E-state index in [2.05, 4.69) is 15.5 Å². The Balaban J connectivity index is 1.55. The molecule has 2 aromatic carbocycles.